The van der Waals surface area contributed by atoms with Gasteiger partial charge in [0.25, 0.3) is 0 Å². The van der Waals surface area contributed by atoms with E-state index in [9.17, 15) is 0 Å². The molecule has 0 bridgehead atoms. The normalized spacial score (nSPS) is 18.7. The maximum atomic E-state index is 9.16. The number of aliphatic hydroxyl groups is 1. The van der Waals surface area contributed by atoms with Crippen molar-refractivity contribution in [3.8, 4) is 0 Å². The quantitative estimate of drug-likeness (QED) is 0.283. The molecule has 1 heterocycles. The highest BCUT2D eigenvalue weighted by Crippen LogP contribution is 2.15. The first kappa shape index (κ1) is 27.2. The van der Waals surface area contributed by atoms with Crippen molar-refractivity contribution < 1.29 is 9.84 Å². The van der Waals surface area contributed by atoms with Gasteiger partial charge in [0.05, 0.1) is 19.3 Å². The summed E-state index contributed by atoms with van der Waals surface area (Å²) in [4.78, 5) is 0. The van der Waals surface area contributed by atoms with E-state index >= 15 is 0 Å². The predicted octanol–water partition coefficient (Wildman–Crippen LogP) is 6.67. The minimum atomic E-state index is 0. The molecule has 1 fully saturated rings. The van der Waals surface area contributed by atoms with Crippen molar-refractivity contribution >= 4 is 18.5 Å². The first-order valence-corrected chi connectivity index (χ1v) is 12.0. The number of ether oxygens (including phenoxy) is 1. The molecule has 0 radical (unpaired) electrons. The molecule has 0 amide bonds. The van der Waals surface area contributed by atoms with Gasteiger partial charge in [-0.15, -0.1) is 12.4 Å². The van der Waals surface area contributed by atoms with Crippen LogP contribution in [0.15, 0.2) is 30.3 Å². The van der Waals surface area contributed by atoms with Crippen LogP contribution in [0.25, 0.3) is 6.08 Å². The second-order valence-electron chi connectivity index (χ2n) is 8.57. The minimum Gasteiger partial charge on any atom is -0.395 e. The number of aliphatic hydroxyl groups excluding tert-OH is 1. The number of nitrogens with one attached hydrogen (secondary N) is 1. The molecule has 0 spiro atoms. The summed E-state index contributed by atoms with van der Waals surface area (Å²) >= 11 is 0. The first-order chi connectivity index (χ1) is 14.3. The maximum Gasteiger partial charge on any atom is 0.0721 e. The summed E-state index contributed by atoms with van der Waals surface area (Å²) in [6.07, 6.45) is 20.8. The van der Waals surface area contributed by atoms with Crippen molar-refractivity contribution in [2.75, 3.05) is 13.2 Å². The zero-order valence-electron chi connectivity index (χ0n) is 19.0. The van der Waals surface area contributed by atoms with Crippen LogP contribution >= 0.6 is 12.4 Å². The maximum absolute atomic E-state index is 9.16. The molecule has 1 saturated heterocycles. The highest BCUT2D eigenvalue weighted by Gasteiger charge is 2.23. The molecule has 172 valence electrons. The molecule has 1 aromatic rings. The smallest absolute Gasteiger partial charge is 0.0721 e. The second kappa shape index (κ2) is 17.8. The van der Waals surface area contributed by atoms with Crippen LogP contribution < -0.4 is 5.32 Å². The lowest BCUT2D eigenvalue weighted by molar-refractivity contribution is 0.0512. The van der Waals surface area contributed by atoms with Crippen LogP contribution in [0.4, 0.5) is 0 Å². The van der Waals surface area contributed by atoms with Crippen LogP contribution in [0.5, 0.6) is 0 Å². The summed E-state index contributed by atoms with van der Waals surface area (Å²) in [7, 11) is 0. The third kappa shape index (κ3) is 12.1. The van der Waals surface area contributed by atoms with E-state index in [1.165, 1.54) is 81.8 Å². The zero-order chi connectivity index (χ0) is 20.6. The molecular formula is C26H44ClNO2. The molecule has 2 N–H and O–H groups in total. The summed E-state index contributed by atoms with van der Waals surface area (Å²) in [5.74, 6) is 0. The first-order valence-electron chi connectivity index (χ1n) is 12.0. The SMILES string of the molecule is CCCCCCCCCCCC/C=C/c1ccc(CO[C@@H]2CN[C@@H](CO)C2)cc1.Cl. The number of hydrogen-bond donors (Lipinski definition) is 2. The predicted molar refractivity (Wildman–Crippen MR) is 131 cm³/mol. The molecule has 2 atom stereocenters. The van der Waals surface area contributed by atoms with Gasteiger partial charge in [0.1, 0.15) is 0 Å². The van der Waals surface area contributed by atoms with Gasteiger partial charge >= 0.3 is 0 Å². The van der Waals surface area contributed by atoms with Crippen LogP contribution in [0.1, 0.15) is 95.1 Å². The van der Waals surface area contributed by atoms with E-state index in [1.54, 1.807) is 0 Å². The Bertz CT molecular complexity index is 546. The Morgan fingerprint density at radius 1 is 0.967 bits per heavy atom. The Kier molecular flexibility index (Phi) is 16.1. The van der Waals surface area contributed by atoms with Gasteiger partial charge in [0.2, 0.25) is 0 Å². The second-order valence-corrected chi connectivity index (χ2v) is 8.57. The van der Waals surface area contributed by atoms with E-state index < -0.39 is 0 Å². The van der Waals surface area contributed by atoms with Gasteiger partial charge < -0.3 is 15.2 Å². The highest BCUT2D eigenvalue weighted by molar-refractivity contribution is 5.85. The third-order valence-electron chi connectivity index (χ3n) is 5.90. The van der Waals surface area contributed by atoms with Gasteiger partial charge in [-0.2, -0.15) is 0 Å². The molecule has 0 saturated carbocycles. The summed E-state index contributed by atoms with van der Waals surface area (Å²) in [6.45, 7) is 3.96. The summed E-state index contributed by atoms with van der Waals surface area (Å²) in [5, 5.41) is 12.4. The lowest BCUT2D eigenvalue weighted by Crippen LogP contribution is -2.24. The Morgan fingerprint density at radius 3 is 2.20 bits per heavy atom. The lowest BCUT2D eigenvalue weighted by atomic mass is 10.1. The third-order valence-corrected chi connectivity index (χ3v) is 5.90. The molecule has 30 heavy (non-hydrogen) atoms. The molecule has 4 heteroatoms. The zero-order valence-corrected chi connectivity index (χ0v) is 19.8. The summed E-state index contributed by atoms with van der Waals surface area (Å²) in [5.41, 5.74) is 2.48. The lowest BCUT2D eigenvalue weighted by Gasteiger charge is -2.11. The van der Waals surface area contributed by atoms with Gasteiger partial charge in [0.15, 0.2) is 0 Å². The topological polar surface area (TPSA) is 41.5 Å². The van der Waals surface area contributed by atoms with Crippen LogP contribution in [-0.2, 0) is 11.3 Å². The van der Waals surface area contributed by atoms with Gasteiger partial charge in [-0.25, -0.2) is 0 Å². The van der Waals surface area contributed by atoms with E-state index in [4.69, 9.17) is 9.84 Å². The Balaban J connectivity index is 0.00000450. The fourth-order valence-electron chi connectivity index (χ4n) is 3.96. The van der Waals surface area contributed by atoms with Gasteiger partial charge in [0, 0.05) is 12.6 Å². The van der Waals surface area contributed by atoms with Crippen LogP contribution in [0.3, 0.4) is 0 Å². The van der Waals surface area contributed by atoms with Crippen molar-refractivity contribution in [3.63, 3.8) is 0 Å². The molecule has 2 rings (SSSR count). The van der Waals surface area contributed by atoms with Gasteiger partial charge in [-0.05, 0) is 30.4 Å². The van der Waals surface area contributed by atoms with Crippen LogP contribution in [0, 0.1) is 0 Å². The molecule has 0 aliphatic carbocycles. The summed E-state index contributed by atoms with van der Waals surface area (Å²) < 4.78 is 5.95. The van der Waals surface area contributed by atoms with Gasteiger partial charge in [-0.1, -0.05) is 101 Å². The van der Waals surface area contributed by atoms with E-state index in [-0.39, 0.29) is 31.2 Å². The number of hydrogen-bond acceptors (Lipinski definition) is 3. The monoisotopic (exact) mass is 437 g/mol. The largest absolute Gasteiger partial charge is 0.395 e. The van der Waals surface area contributed by atoms with E-state index in [1.807, 2.05) is 0 Å². The number of unbranched alkanes of at least 4 members (excludes halogenated alkanes) is 10. The van der Waals surface area contributed by atoms with Gasteiger partial charge in [-0.3, -0.25) is 0 Å². The van der Waals surface area contributed by atoms with Crippen molar-refractivity contribution in [2.24, 2.45) is 0 Å². The molecule has 3 nitrogen and oxygen atoms in total. The van der Waals surface area contributed by atoms with Crippen molar-refractivity contribution in [2.45, 2.75) is 103 Å². The fourth-order valence-corrected chi connectivity index (χ4v) is 3.96. The standard InChI is InChI=1S/C26H43NO2.ClH/c1-2-3-4-5-6-7-8-9-10-11-12-13-14-23-15-17-24(18-16-23)22-29-26-19-25(21-28)27-20-26;/h13-18,25-28H,2-12,19-22H2,1H3;1H/b14-13+;/t25-,26+;/m1./s1. The number of rotatable bonds is 16. The van der Waals surface area contributed by atoms with Crippen molar-refractivity contribution in [1.82, 2.24) is 5.32 Å². The van der Waals surface area contributed by atoms with Crippen LogP contribution in [0.2, 0.25) is 0 Å². The van der Waals surface area contributed by atoms with Crippen LogP contribution in [-0.4, -0.2) is 30.4 Å². The molecule has 1 aliphatic rings. The van der Waals surface area contributed by atoms with Crippen molar-refractivity contribution in [1.29, 1.82) is 0 Å². The molecule has 0 aromatic heterocycles. The molecule has 0 unspecified atom stereocenters. The fraction of sp³-hybridized carbons (Fsp3) is 0.692. The Hall–Kier alpha value is -0.870. The highest BCUT2D eigenvalue weighted by atomic mass is 35.5. The number of allylic oxidation sites excluding steroid dienone is 1. The van der Waals surface area contributed by atoms with Crippen molar-refractivity contribution in [3.05, 3.63) is 41.5 Å². The number of halogens is 1. The average molecular weight is 438 g/mol. The Morgan fingerprint density at radius 2 is 1.60 bits per heavy atom. The van der Waals surface area contributed by atoms with E-state index in [0.717, 1.165) is 13.0 Å². The minimum absolute atomic E-state index is 0. The van der Waals surface area contributed by atoms with E-state index in [0.29, 0.717) is 6.61 Å². The average Bonchev–Trinajstić information content (AvgIpc) is 3.22. The molecule has 1 aromatic carbocycles. The number of benzene rings is 1. The molecular weight excluding hydrogens is 394 g/mol. The summed E-state index contributed by atoms with van der Waals surface area (Å²) in [6, 6.07) is 8.87. The van der Waals surface area contributed by atoms with E-state index in [2.05, 4.69) is 48.7 Å². The Labute approximate surface area is 191 Å². The molecule has 1 aliphatic heterocycles.